The molecule has 4 N–H and O–H groups in total. The van der Waals surface area contributed by atoms with Crippen LogP contribution in [0.2, 0.25) is 0 Å². The van der Waals surface area contributed by atoms with Gasteiger partial charge in [-0.25, -0.2) is 0 Å². The molecule has 4 nitrogen and oxygen atoms in total. The van der Waals surface area contributed by atoms with E-state index in [1.165, 1.54) is 9.79 Å². The lowest BCUT2D eigenvalue weighted by Crippen LogP contribution is -2.92. The third-order valence-corrected chi connectivity index (χ3v) is 5.56. The number of rotatable bonds is 7. The molecule has 0 radical (unpaired) electrons. The molecule has 128 valence electrons. The van der Waals surface area contributed by atoms with E-state index in [1.54, 1.807) is 11.8 Å². The van der Waals surface area contributed by atoms with Crippen molar-refractivity contribution in [2.75, 3.05) is 24.6 Å². The number of anilines is 2. The van der Waals surface area contributed by atoms with E-state index in [4.69, 9.17) is 0 Å². The summed E-state index contributed by atoms with van der Waals surface area (Å²) < 4.78 is 0. The van der Waals surface area contributed by atoms with E-state index >= 15 is 0 Å². The van der Waals surface area contributed by atoms with E-state index in [0.29, 0.717) is 13.1 Å². The van der Waals surface area contributed by atoms with Gasteiger partial charge in [-0.2, -0.15) is 0 Å². The highest BCUT2D eigenvalue weighted by atomic mass is 32.2. The number of fused-ring (bicyclic) bond motifs is 2. The van der Waals surface area contributed by atoms with Crippen molar-refractivity contribution in [3.8, 4) is 0 Å². The maximum Gasteiger partial charge on any atom is 0.121 e. The summed E-state index contributed by atoms with van der Waals surface area (Å²) in [6.07, 6.45) is 0.435. The van der Waals surface area contributed by atoms with E-state index in [2.05, 4.69) is 48.2 Å². The van der Waals surface area contributed by atoms with Crippen LogP contribution in [0.1, 0.15) is 13.3 Å². The Balaban J connectivity index is 1.77. The van der Waals surface area contributed by atoms with Gasteiger partial charge in [0.15, 0.2) is 0 Å². The van der Waals surface area contributed by atoms with E-state index in [1.807, 2.05) is 17.4 Å². The van der Waals surface area contributed by atoms with Gasteiger partial charge in [0.2, 0.25) is 0 Å². The zero-order valence-electron chi connectivity index (χ0n) is 13.9. The lowest BCUT2D eigenvalue weighted by Gasteiger charge is -2.34. The highest BCUT2D eigenvalue weighted by molar-refractivity contribution is 7.99. The van der Waals surface area contributed by atoms with Crippen LogP contribution in [0.15, 0.2) is 58.3 Å². The number of para-hydroxylation sites is 2. The number of β-amino-alcohol motifs (C(OH)–C–C–N with tert-alkyl or cyclic N) is 1. The molecule has 1 aliphatic heterocycles. The molecular weight excluding hydrogens is 320 g/mol. The molecule has 3 rings (SSSR count). The summed E-state index contributed by atoms with van der Waals surface area (Å²) in [6, 6.07) is 16.8. The molecule has 1 aliphatic rings. The Labute approximate surface area is 147 Å². The maximum atomic E-state index is 10.5. The molecular formula is C19H25N2O2S+. The average Bonchev–Trinajstić information content (AvgIpc) is 2.62. The lowest BCUT2D eigenvalue weighted by atomic mass is 10.2. The summed E-state index contributed by atoms with van der Waals surface area (Å²) in [4.78, 5) is 4.64. The number of hydrogen-bond acceptors (Lipinski definition) is 4. The van der Waals surface area contributed by atoms with Crippen LogP contribution in [-0.4, -0.2) is 42.1 Å². The van der Waals surface area contributed by atoms with Gasteiger partial charge in [-0.3, -0.25) is 0 Å². The van der Waals surface area contributed by atoms with E-state index in [0.717, 1.165) is 17.8 Å². The Morgan fingerprint density at radius 1 is 1.04 bits per heavy atom. The number of aliphatic hydroxyl groups excluding tert-OH is 2. The van der Waals surface area contributed by atoms with Crippen LogP contribution in [0.5, 0.6) is 0 Å². The van der Waals surface area contributed by atoms with Gasteiger partial charge >= 0.3 is 0 Å². The Morgan fingerprint density at radius 2 is 1.62 bits per heavy atom. The van der Waals surface area contributed by atoms with Crippen molar-refractivity contribution < 1.29 is 15.5 Å². The van der Waals surface area contributed by atoms with Crippen molar-refractivity contribution in [2.24, 2.45) is 0 Å². The fourth-order valence-electron chi connectivity index (χ4n) is 2.98. The molecule has 24 heavy (non-hydrogen) atoms. The van der Waals surface area contributed by atoms with Crippen LogP contribution in [0, 0.1) is 0 Å². The molecule has 0 saturated heterocycles. The van der Waals surface area contributed by atoms with Crippen LogP contribution in [0.4, 0.5) is 11.4 Å². The molecule has 0 spiro atoms. The summed E-state index contributed by atoms with van der Waals surface area (Å²) in [5, 5.41) is 21.9. The summed E-state index contributed by atoms with van der Waals surface area (Å²) >= 11 is 1.77. The molecule has 0 amide bonds. The highest BCUT2D eigenvalue weighted by Gasteiger charge is 2.25. The zero-order valence-corrected chi connectivity index (χ0v) is 14.7. The molecule has 0 fully saturated rings. The molecule has 0 unspecified atom stereocenters. The molecule has 0 bridgehead atoms. The first-order valence-electron chi connectivity index (χ1n) is 8.48. The molecule has 0 aliphatic carbocycles. The minimum Gasteiger partial charge on any atom is -0.390 e. The first-order valence-corrected chi connectivity index (χ1v) is 9.30. The summed E-state index contributed by atoms with van der Waals surface area (Å²) in [5.41, 5.74) is 2.30. The topological polar surface area (TPSA) is 60.3 Å². The van der Waals surface area contributed by atoms with Crippen LogP contribution in [0.25, 0.3) is 0 Å². The summed E-state index contributed by atoms with van der Waals surface area (Å²) in [5.74, 6) is 0. The quantitative estimate of drug-likeness (QED) is 0.718. The Bertz CT molecular complexity index is 630. The van der Waals surface area contributed by atoms with Gasteiger partial charge in [0.1, 0.15) is 18.7 Å². The Morgan fingerprint density at radius 3 is 2.17 bits per heavy atom. The number of hydrogen-bond donors (Lipinski definition) is 3. The SMILES string of the molecule is CC[C@@H](CO)[NH2+]C[C@H](O)CN1c2ccccc2Sc2ccccc21. The van der Waals surface area contributed by atoms with Gasteiger partial charge in [-0.15, -0.1) is 0 Å². The van der Waals surface area contributed by atoms with Crippen molar-refractivity contribution in [3.05, 3.63) is 48.5 Å². The highest BCUT2D eigenvalue weighted by Crippen LogP contribution is 2.47. The van der Waals surface area contributed by atoms with Crippen LogP contribution < -0.4 is 10.2 Å². The number of quaternary nitrogens is 1. The van der Waals surface area contributed by atoms with Crippen LogP contribution in [-0.2, 0) is 0 Å². The molecule has 0 saturated carbocycles. The monoisotopic (exact) mass is 345 g/mol. The first-order chi connectivity index (χ1) is 11.7. The van der Waals surface area contributed by atoms with Crippen molar-refractivity contribution in [2.45, 2.75) is 35.3 Å². The standard InChI is InChI=1S/C19H24N2O2S/c1-2-14(13-22)20-11-15(23)12-21-16-7-3-5-9-18(16)24-19-10-6-4-8-17(19)21/h3-10,14-15,20,22-23H,2,11-13H2,1H3/p+1/t14-,15-/m0/s1. The first kappa shape index (κ1) is 17.3. The van der Waals surface area contributed by atoms with Gasteiger partial charge in [0.05, 0.1) is 24.5 Å². The second-order valence-electron chi connectivity index (χ2n) is 6.12. The van der Waals surface area contributed by atoms with Crippen molar-refractivity contribution in [1.82, 2.24) is 0 Å². The molecule has 2 aromatic carbocycles. The smallest absolute Gasteiger partial charge is 0.121 e. The summed E-state index contributed by atoms with van der Waals surface area (Å²) in [6.45, 7) is 3.34. The largest absolute Gasteiger partial charge is 0.390 e. The third kappa shape index (κ3) is 3.75. The number of benzene rings is 2. The fourth-order valence-corrected chi connectivity index (χ4v) is 4.08. The minimum atomic E-state index is -0.463. The second kappa shape index (κ2) is 8.03. The van der Waals surface area contributed by atoms with Gasteiger partial charge in [-0.1, -0.05) is 43.0 Å². The Hall–Kier alpha value is -1.53. The zero-order chi connectivity index (χ0) is 16.9. The molecule has 1 heterocycles. The van der Waals surface area contributed by atoms with Crippen LogP contribution >= 0.6 is 11.8 Å². The van der Waals surface area contributed by atoms with Gasteiger partial charge in [0.25, 0.3) is 0 Å². The summed E-state index contributed by atoms with van der Waals surface area (Å²) in [7, 11) is 0. The minimum absolute atomic E-state index is 0.148. The maximum absolute atomic E-state index is 10.5. The average molecular weight is 345 g/mol. The molecule has 5 heteroatoms. The van der Waals surface area contributed by atoms with Gasteiger partial charge < -0.3 is 20.4 Å². The fraction of sp³-hybridized carbons (Fsp3) is 0.368. The van der Waals surface area contributed by atoms with Gasteiger partial charge in [0, 0.05) is 9.79 Å². The third-order valence-electron chi connectivity index (χ3n) is 4.43. The van der Waals surface area contributed by atoms with Crippen molar-refractivity contribution >= 4 is 23.1 Å². The molecule has 2 aromatic rings. The number of nitrogens with two attached hydrogens (primary N) is 1. The van der Waals surface area contributed by atoms with Crippen molar-refractivity contribution in [3.63, 3.8) is 0 Å². The molecule has 2 atom stereocenters. The van der Waals surface area contributed by atoms with E-state index < -0.39 is 6.10 Å². The predicted molar refractivity (Wildman–Crippen MR) is 98.0 cm³/mol. The van der Waals surface area contributed by atoms with Gasteiger partial charge in [-0.05, 0) is 30.7 Å². The number of nitrogens with zero attached hydrogens (tertiary/aromatic N) is 1. The second-order valence-corrected chi connectivity index (χ2v) is 7.21. The molecule has 0 aromatic heterocycles. The lowest BCUT2D eigenvalue weighted by molar-refractivity contribution is -0.696. The van der Waals surface area contributed by atoms with E-state index in [9.17, 15) is 10.2 Å². The van der Waals surface area contributed by atoms with Crippen molar-refractivity contribution in [1.29, 1.82) is 0 Å². The normalized spacial score (nSPS) is 15.5. The Kier molecular flexibility index (Phi) is 5.79. The number of aliphatic hydroxyl groups is 2. The van der Waals surface area contributed by atoms with E-state index in [-0.39, 0.29) is 12.6 Å². The van der Waals surface area contributed by atoms with Crippen LogP contribution in [0.3, 0.4) is 0 Å². The predicted octanol–water partition coefficient (Wildman–Crippen LogP) is 1.98.